The molecule has 1 saturated heterocycles. The standard InChI is InChI=1S/C26H21N5O8/c27-23-18-24(29-10-28-23)31(11-30-18)25-22(35)21(34)17(39-25)9-38-26(36)37-8-12-5-6-15-16(7-12)20(33)14-4-2-1-3-13(14)19(15)32/h1-7,10-11,17,21-22,25,34-35H,8-9H2,(H2,27,28,29)/t17-,21-,22-,25-/m1/s1. The van der Waals surface area contributed by atoms with Crippen molar-refractivity contribution >= 4 is 34.7 Å². The lowest BCUT2D eigenvalue weighted by molar-refractivity contribution is -0.0618. The molecule has 0 saturated carbocycles. The zero-order valence-electron chi connectivity index (χ0n) is 20.1. The Labute approximate surface area is 219 Å². The van der Waals surface area contributed by atoms with Gasteiger partial charge in [0.25, 0.3) is 0 Å². The fourth-order valence-electron chi connectivity index (χ4n) is 4.72. The second-order valence-corrected chi connectivity index (χ2v) is 9.06. The van der Waals surface area contributed by atoms with Crippen LogP contribution in [0.4, 0.5) is 10.6 Å². The van der Waals surface area contributed by atoms with Gasteiger partial charge in [-0.1, -0.05) is 30.3 Å². The van der Waals surface area contributed by atoms with Crippen LogP contribution in [-0.2, 0) is 20.8 Å². The van der Waals surface area contributed by atoms with Crippen LogP contribution in [0.1, 0.15) is 43.6 Å². The molecule has 4 aromatic rings. The predicted octanol–water partition coefficient (Wildman–Crippen LogP) is 1.16. The minimum atomic E-state index is -1.38. The van der Waals surface area contributed by atoms with Crippen LogP contribution in [0.2, 0.25) is 0 Å². The van der Waals surface area contributed by atoms with Crippen LogP contribution >= 0.6 is 0 Å². The van der Waals surface area contributed by atoms with Gasteiger partial charge >= 0.3 is 6.16 Å². The van der Waals surface area contributed by atoms with E-state index in [4.69, 9.17) is 19.9 Å². The molecular formula is C26H21N5O8. The molecule has 4 N–H and O–H groups in total. The Morgan fingerprint density at radius 3 is 2.44 bits per heavy atom. The summed E-state index contributed by atoms with van der Waals surface area (Å²) in [6.45, 7) is -0.637. The largest absolute Gasteiger partial charge is 0.508 e. The Morgan fingerprint density at radius 1 is 0.949 bits per heavy atom. The minimum absolute atomic E-state index is 0.147. The summed E-state index contributed by atoms with van der Waals surface area (Å²) < 4.78 is 17.4. The van der Waals surface area contributed by atoms with Crippen LogP contribution in [0.5, 0.6) is 0 Å². The van der Waals surface area contributed by atoms with Crippen LogP contribution in [0.3, 0.4) is 0 Å². The second kappa shape index (κ2) is 9.54. The van der Waals surface area contributed by atoms with Crippen molar-refractivity contribution in [3.8, 4) is 0 Å². The van der Waals surface area contributed by atoms with Gasteiger partial charge in [-0.25, -0.2) is 19.7 Å². The van der Waals surface area contributed by atoms with Gasteiger partial charge in [-0.2, -0.15) is 0 Å². The van der Waals surface area contributed by atoms with Gasteiger partial charge in [0.2, 0.25) is 0 Å². The number of ether oxygens (including phenoxy) is 3. The number of carbonyl (C=O) groups is 3. The lowest BCUT2D eigenvalue weighted by atomic mass is 9.83. The Balaban J connectivity index is 1.07. The first-order valence-corrected chi connectivity index (χ1v) is 11.9. The van der Waals surface area contributed by atoms with Gasteiger partial charge in [0.05, 0.1) is 6.33 Å². The number of carbonyl (C=O) groups excluding carboxylic acids is 3. The van der Waals surface area contributed by atoms with Gasteiger partial charge in [0.1, 0.15) is 43.4 Å². The third kappa shape index (κ3) is 4.18. The van der Waals surface area contributed by atoms with Crippen molar-refractivity contribution < 1.29 is 38.8 Å². The summed E-state index contributed by atoms with van der Waals surface area (Å²) in [6.07, 6.45) is -3.35. The average Bonchev–Trinajstić information content (AvgIpc) is 3.50. The van der Waals surface area contributed by atoms with Crippen LogP contribution in [-0.4, -0.2) is 72.4 Å². The monoisotopic (exact) mass is 531 g/mol. The smallest absolute Gasteiger partial charge is 0.431 e. The minimum Gasteiger partial charge on any atom is -0.431 e. The predicted molar refractivity (Wildman–Crippen MR) is 132 cm³/mol. The van der Waals surface area contributed by atoms with E-state index in [1.54, 1.807) is 30.3 Å². The van der Waals surface area contributed by atoms with Crippen LogP contribution < -0.4 is 5.73 Å². The highest BCUT2D eigenvalue weighted by Crippen LogP contribution is 2.32. The number of aliphatic hydroxyl groups is 2. The number of anilines is 1. The number of rotatable bonds is 5. The zero-order chi connectivity index (χ0) is 27.3. The lowest BCUT2D eigenvalue weighted by Gasteiger charge is -2.18. The molecule has 13 heteroatoms. The number of nitrogens with two attached hydrogens (primary N) is 1. The third-order valence-corrected chi connectivity index (χ3v) is 6.71. The van der Waals surface area contributed by atoms with E-state index in [2.05, 4.69) is 15.0 Å². The molecule has 0 bridgehead atoms. The summed E-state index contributed by atoms with van der Waals surface area (Å²) in [5.41, 5.74) is 8.07. The number of hydrogen-bond acceptors (Lipinski definition) is 12. The Bertz CT molecular complexity index is 1640. The summed E-state index contributed by atoms with van der Waals surface area (Å²) in [5.74, 6) is -0.388. The zero-order valence-corrected chi connectivity index (χ0v) is 20.1. The quantitative estimate of drug-likeness (QED) is 0.275. The van der Waals surface area contributed by atoms with Crippen molar-refractivity contribution in [2.24, 2.45) is 0 Å². The van der Waals surface area contributed by atoms with E-state index in [1.165, 1.54) is 29.4 Å². The summed E-state index contributed by atoms with van der Waals surface area (Å²) in [6, 6.07) is 11.2. The molecule has 1 fully saturated rings. The van der Waals surface area contributed by atoms with Gasteiger partial charge in [-0.05, 0) is 17.7 Å². The first kappa shape index (κ1) is 24.6. The van der Waals surface area contributed by atoms with Crippen molar-refractivity contribution in [3.63, 3.8) is 0 Å². The molecule has 0 spiro atoms. The fourth-order valence-corrected chi connectivity index (χ4v) is 4.72. The molecule has 6 rings (SSSR count). The lowest BCUT2D eigenvalue weighted by Crippen LogP contribution is -2.34. The maximum Gasteiger partial charge on any atom is 0.508 e. The summed E-state index contributed by atoms with van der Waals surface area (Å²) >= 11 is 0. The first-order chi connectivity index (χ1) is 18.8. The number of benzene rings is 2. The summed E-state index contributed by atoms with van der Waals surface area (Å²) in [5, 5.41) is 21.0. The number of nitrogens with zero attached hydrogens (tertiary/aromatic N) is 4. The topological polar surface area (TPSA) is 189 Å². The van der Waals surface area contributed by atoms with E-state index < -0.39 is 37.3 Å². The molecule has 1 aliphatic carbocycles. The number of aromatic nitrogens is 4. The molecule has 0 amide bonds. The molecule has 198 valence electrons. The van der Waals surface area contributed by atoms with Crippen LogP contribution in [0.15, 0.2) is 55.1 Å². The van der Waals surface area contributed by atoms with Gasteiger partial charge in [-0.3, -0.25) is 14.2 Å². The molecule has 2 aromatic carbocycles. The molecule has 3 heterocycles. The number of imidazole rings is 1. The molecule has 0 radical (unpaired) electrons. The van der Waals surface area contributed by atoms with E-state index in [0.29, 0.717) is 27.9 Å². The second-order valence-electron chi connectivity index (χ2n) is 9.06. The highest BCUT2D eigenvalue weighted by molar-refractivity contribution is 6.28. The van der Waals surface area contributed by atoms with E-state index in [1.807, 2.05) is 0 Å². The van der Waals surface area contributed by atoms with Crippen molar-refractivity contribution in [3.05, 3.63) is 82.9 Å². The third-order valence-electron chi connectivity index (χ3n) is 6.71. The average molecular weight is 531 g/mol. The Morgan fingerprint density at radius 2 is 1.67 bits per heavy atom. The molecule has 39 heavy (non-hydrogen) atoms. The SMILES string of the molecule is Nc1ncnc2c1ncn2[C@@H]1O[C@H](COC(=O)OCc2ccc3c(c2)C(=O)c2ccccc2C3=O)[C@@H](O)[C@H]1O. The van der Waals surface area contributed by atoms with Crippen LogP contribution in [0, 0.1) is 0 Å². The van der Waals surface area contributed by atoms with Crippen molar-refractivity contribution in [1.82, 2.24) is 19.5 Å². The summed E-state index contributed by atoms with van der Waals surface area (Å²) in [4.78, 5) is 49.9. The maximum atomic E-state index is 12.9. The fraction of sp³-hybridized carbons (Fsp3) is 0.231. The van der Waals surface area contributed by atoms with Crippen molar-refractivity contribution in [1.29, 1.82) is 0 Å². The van der Waals surface area contributed by atoms with Gasteiger partial charge in [0.15, 0.2) is 29.3 Å². The van der Waals surface area contributed by atoms with Gasteiger partial charge < -0.3 is 30.2 Å². The van der Waals surface area contributed by atoms with E-state index in [0.717, 1.165) is 0 Å². The molecule has 4 atom stereocenters. The number of hydrogen-bond donors (Lipinski definition) is 3. The van der Waals surface area contributed by atoms with Crippen molar-refractivity contribution in [2.75, 3.05) is 12.3 Å². The summed E-state index contributed by atoms with van der Waals surface area (Å²) in [7, 11) is 0. The van der Waals surface area contributed by atoms with E-state index in [-0.39, 0.29) is 35.1 Å². The van der Waals surface area contributed by atoms with Crippen molar-refractivity contribution in [2.45, 2.75) is 31.1 Å². The number of ketones is 2. The highest BCUT2D eigenvalue weighted by atomic mass is 16.7. The molecule has 2 aliphatic rings. The van der Waals surface area contributed by atoms with Gasteiger partial charge in [-0.15, -0.1) is 0 Å². The molecule has 2 aromatic heterocycles. The van der Waals surface area contributed by atoms with Crippen LogP contribution in [0.25, 0.3) is 11.2 Å². The normalized spacial score (nSPS) is 22.0. The molecule has 13 nitrogen and oxygen atoms in total. The number of fused-ring (bicyclic) bond motifs is 3. The maximum absolute atomic E-state index is 12.9. The Hall–Kier alpha value is -4.72. The van der Waals surface area contributed by atoms with E-state index >= 15 is 0 Å². The number of aliphatic hydroxyl groups excluding tert-OH is 2. The number of nitrogen functional groups attached to an aromatic ring is 1. The Kier molecular flexibility index (Phi) is 6.02. The highest BCUT2D eigenvalue weighted by Gasteiger charge is 2.45. The molecule has 1 aliphatic heterocycles. The van der Waals surface area contributed by atoms with Gasteiger partial charge in [0, 0.05) is 22.3 Å². The molecular weight excluding hydrogens is 510 g/mol. The molecule has 0 unspecified atom stereocenters. The first-order valence-electron chi connectivity index (χ1n) is 11.9. The van der Waals surface area contributed by atoms with E-state index in [9.17, 15) is 24.6 Å².